The number of benzene rings is 3. The Morgan fingerprint density at radius 1 is 0.758 bits per heavy atom. The molecule has 12 heteroatoms. The van der Waals surface area contributed by atoms with Crippen LogP contribution >= 0.6 is 0 Å². The van der Waals surface area contributed by atoms with E-state index >= 15 is 0 Å². The molecule has 0 radical (unpaired) electrons. The first kappa shape index (κ1) is 22.7. The molecular weight excluding hydrogens is 476 g/mol. The summed E-state index contributed by atoms with van der Waals surface area (Å²) in [4.78, 5) is 12.8. The zero-order chi connectivity index (χ0) is 24.0. The van der Waals surface area contributed by atoms with Gasteiger partial charge in [0.25, 0.3) is 20.0 Å². The van der Waals surface area contributed by atoms with Gasteiger partial charge in [-0.3, -0.25) is 14.2 Å². The minimum absolute atomic E-state index is 0.0209. The molecule has 1 amide bonds. The van der Waals surface area contributed by atoms with Crippen LogP contribution < -0.4 is 14.3 Å². The number of halogens is 2. The average Bonchev–Trinajstić information content (AvgIpc) is 3.04. The van der Waals surface area contributed by atoms with Gasteiger partial charge in [0.15, 0.2) is 11.6 Å². The summed E-state index contributed by atoms with van der Waals surface area (Å²) in [7, 11) is -6.54. The van der Waals surface area contributed by atoms with Crippen LogP contribution in [0.5, 0.6) is 0 Å². The predicted octanol–water partition coefficient (Wildman–Crippen LogP) is 3.09. The van der Waals surface area contributed by atoms with E-state index < -0.39 is 36.6 Å². The van der Waals surface area contributed by atoms with Crippen LogP contribution in [0.15, 0.2) is 70.5 Å². The van der Waals surface area contributed by atoms with E-state index in [1.807, 2.05) is 0 Å². The lowest BCUT2D eigenvalue weighted by Gasteiger charge is -2.13. The number of anilines is 3. The highest BCUT2D eigenvalue weighted by Crippen LogP contribution is 2.30. The Morgan fingerprint density at radius 2 is 1.27 bits per heavy atom. The van der Waals surface area contributed by atoms with Gasteiger partial charge in [0, 0.05) is 24.1 Å². The number of carbonyl (C=O) groups is 1. The number of likely N-dealkylation sites (N-methyl/N-ethyl adjacent to an activating group) is 1. The Bertz CT molecular complexity index is 1470. The molecule has 1 aliphatic heterocycles. The number of nitrogens with one attached hydrogen (secondary N) is 2. The first-order valence-electron chi connectivity index (χ1n) is 9.46. The maximum Gasteiger partial charge on any atom is 0.261 e. The van der Waals surface area contributed by atoms with Crippen molar-refractivity contribution >= 4 is 43.0 Å². The van der Waals surface area contributed by atoms with Gasteiger partial charge in [-0.05, 0) is 66.2 Å². The van der Waals surface area contributed by atoms with E-state index in [9.17, 15) is 30.4 Å². The minimum Gasteiger partial charge on any atom is -0.315 e. The standard InChI is InChI=1S/C21H17F2N3O5S2/c1-26-20-9-7-16(10-13(20)11-21(26)27)32(28,29)24-14-2-4-15(5-3-14)25-33(30,31)17-6-8-18(22)19(23)12-17/h2-10,12,24-25H,11H2,1H3. The predicted molar refractivity (Wildman–Crippen MR) is 118 cm³/mol. The normalized spacial score (nSPS) is 13.7. The first-order valence-corrected chi connectivity index (χ1v) is 12.4. The SMILES string of the molecule is CN1C(=O)Cc2cc(S(=O)(=O)Nc3ccc(NS(=O)(=O)c4ccc(F)c(F)c4)cc3)ccc21. The molecular formula is C21H17F2N3O5S2. The van der Waals surface area contributed by atoms with Gasteiger partial charge in [0.05, 0.1) is 16.2 Å². The van der Waals surface area contributed by atoms with Crippen LogP contribution in [-0.4, -0.2) is 29.8 Å². The highest BCUT2D eigenvalue weighted by molar-refractivity contribution is 7.93. The smallest absolute Gasteiger partial charge is 0.261 e. The summed E-state index contributed by atoms with van der Waals surface area (Å²) in [6.45, 7) is 0. The molecule has 2 N–H and O–H groups in total. The van der Waals surface area contributed by atoms with Gasteiger partial charge >= 0.3 is 0 Å². The van der Waals surface area contributed by atoms with Crippen LogP contribution in [0.4, 0.5) is 25.8 Å². The van der Waals surface area contributed by atoms with Gasteiger partial charge in [-0.1, -0.05) is 0 Å². The molecule has 1 heterocycles. The molecule has 0 aromatic heterocycles. The van der Waals surface area contributed by atoms with Crippen LogP contribution in [0.2, 0.25) is 0 Å². The molecule has 3 aromatic carbocycles. The maximum atomic E-state index is 13.4. The van der Waals surface area contributed by atoms with Crippen molar-refractivity contribution < 1.29 is 30.4 Å². The van der Waals surface area contributed by atoms with Gasteiger partial charge in [0.2, 0.25) is 5.91 Å². The molecule has 0 atom stereocenters. The summed E-state index contributed by atoms with van der Waals surface area (Å²) in [6.07, 6.45) is 0.113. The van der Waals surface area contributed by atoms with Gasteiger partial charge in [-0.15, -0.1) is 0 Å². The second kappa shape index (κ2) is 8.12. The van der Waals surface area contributed by atoms with E-state index in [2.05, 4.69) is 9.44 Å². The van der Waals surface area contributed by atoms with E-state index in [-0.39, 0.29) is 28.6 Å². The van der Waals surface area contributed by atoms with Crippen LogP contribution in [0, 0.1) is 11.6 Å². The van der Waals surface area contributed by atoms with E-state index in [0.29, 0.717) is 23.4 Å². The molecule has 0 unspecified atom stereocenters. The summed E-state index contributed by atoms with van der Waals surface area (Å²) in [5.74, 6) is -2.60. The zero-order valence-electron chi connectivity index (χ0n) is 17.0. The number of sulfonamides is 2. The molecule has 0 saturated heterocycles. The van der Waals surface area contributed by atoms with Gasteiger partial charge in [-0.2, -0.15) is 0 Å². The first-order chi connectivity index (χ1) is 15.5. The Morgan fingerprint density at radius 3 is 1.82 bits per heavy atom. The molecule has 8 nitrogen and oxygen atoms in total. The summed E-state index contributed by atoms with van der Waals surface area (Å²) < 4.78 is 81.2. The summed E-state index contributed by atoms with van der Waals surface area (Å²) >= 11 is 0. The van der Waals surface area contributed by atoms with Crippen LogP contribution in [0.1, 0.15) is 5.56 Å². The zero-order valence-corrected chi connectivity index (χ0v) is 18.7. The van der Waals surface area contributed by atoms with Crippen molar-refractivity contribution in [1.29, 1.82) is 0 Å². The topological polar surface area (TPSA) is 113 Å². The molecule has 0 bridgehead atoms. The number of amides is 1. The lowest BCUT2D eigenvalue weighted by atomic mass is 10.2. The number of fused-ring (bicyclic) bond motifs is 1. The van der Waals surface area contributed by atoms with Crippen LogP contribution in [0.25, 0.3) is 0 Å². The summed E-state index contributed by atoms with van der Waals surface area (Å²) in [5.41, 5.74) is 1.50. The quantitative estimate of drug-likeness (QED) is 0.548. The van der Waals surface area contributed by atoms with Gasteiger partial charge in [-0.25, -0.2) is 25.6 Å². The van der Waals surface area contributed by atoms with E-state index in [4.69, 9.17) is 0 Å². The maximum absolute atomic E-state index is 13.4. The third kappa shape index (κ3) is 4.52. The minimum atomic E-state index is -4.19. The van der Waals surface area contributed by atoms with Crippen molar-refractivity contribution in [3.8, 4) is 0 Å². The van der Waals surface area contributed by atoms with Crippen molar-refractivity contribution in [3.05, 3.63) is 77.9 Å². The van der Waals surface area contributed by atoms with Crippen LogP contribution in [-0.2, 0) is 31.3 Å². The second-order valence-electron chi connectivity index (χ2n) is 7.28. The second-order valence-corrected chi connectivity index (χ2v) is 10.6. The fraction of sp³-hybridized carbons (Fsp3) is 0.0952. The van der Waals surface area contributed by atoms with Crippen LogP contribution in [0.3, 0.4) is 0 Å². The van der Waals surface area contributed by atoms with E-state index in [0.717, 1.165) is 6.07 Å². The fourth-order valence-electron chi connectivity index (χ4n) is 3.29. The molecule has 0 aliphatic carbocycles. The lowest BCUT2D eigenvalue weighted by Crippen LogP contribution is -2.20. The summed E-state index contributed by atoms with van der Waals surface area (Å²) in [5, 5.41) is 0. The number of nitrogens with zero attached hydrogens (tertiary/aromatic N) is 1. The van der Waals surface area contributed by atoms with Crippen molar-refractivity contribution in [1.82, 2.24) is 0 Å². The number of rotatable bonds is 6. The highest BCUT2D eigenvalue weighted by atomic mass is 32.2. The molecule has 172 valence electrons. The van der Waals surface area contributed by atoms with Crippen molar-refractivity contribution in [2.75, 3.05) is 21.4 Å². The number of hydrogen-bond donors (Lipinski definition) is 2. The van der Waals surface area contributed by atoms with Crippen molar-refractivity contribution in [3.63, 3.8) is 0 Å². The number of carbonyl (C=O) groups excluding carboxylic acids is 1. The molecule has 4 rings (SSSR count). The third-order valence-electron chi connectivity index (χ3n) is 5.03. The molecule has 1 aliphatic rings. The molecule has 0 fully saturated rings. The Balaban J connectivity index is 1.50. The molecule has 3 aromatic rings. The lowest BCUT2D eigenvalue weighted by molar-refractivity contribution is -0.117. The van der Waals surface area contributed by atoms with Crippen molar-refractivity contribution in [2.24, 2.45) is 0 Å². The summed E-state index contributed by atoms with van der Waals surface area (Å²) in [6, 6.07) is 11.9. The average molecular weight is 494 g/mol. The van der Waals surface area contributed by atoms with Gasteiger partial charge in [0.1, 0.15) is 0 Å². The van der Waals surface area contributed by atoms with E-state index in [1.54, 1.807) is 13.1 Å². The largest absolute Gasteiger partial charge is 0.315 e. The van der Waals surface area contributed by atoms with E-state index in [1.165, 1.54) is 41.3 Å². The highest BCUT2D eigenvalue weighted by Gasteiger charge is 2.26. The molecule has 0 spiro atoms. The molecule has 33 heavy (non-hydrogen) atoms. The molecule has 0 saturated carbocycles. The van der Waals surface area contributed by atoms with Crippen molar-refractivity contribution in [2.45, 2.75) is 16.2 Å². The third-order valence-corrected chi connectivity index (χ3v) is 7.79. The Hall–Kier alpha value is -3.51. The Kier molecular flexibility index (Phi) is 5.58. The number of hydrogen-bond acceptors (Lipinski definition) is 5. The Labute approximate surface area is 189 Å². The monoisotopic (exact) mass is 493 g/mol. The van der Waals surface area contributed by atoms with Gasteiger partial charge < -0.3 is 4.90 Å². The fourth-order valence-corrected chi connectivity index (χ4v) is 5.47.